The number of pyridine rings is 2. The molecule has 0 spiro atoms. The van der Waals surface area contributed by atoms with Crippen molar-refractivity contribution in [3.63, 3.8) is 0 Å². The molecule has 0 aliphatic carbocycles. The van der Waals surface area contributed by atoms with Crippen LogP contribution in [0.25, 0.3) is 22.4 Å². The van der Waals surface area contributed by atoms with Crippen molar-refractivity contribution in [2.45, 2.75) is 37.6 Å². The van der Waals surface area contributed by atoms with Gasteiger partial charge in [0.1, 0.15) is 11.5 Å². The standard InChI is InChI=1S/C21H22F6N6O/c1-11(2)19(34,20(23,24)21(25,26)27)14-10-33(9-8-28-14)15-6-5-13(22)17(30-15)16-12-4-3-7-29-18(12)32-31-16/h3-7,11,14,28,34H,8-10H2,1-2H3,(H,29,31,32). The van der Waals surface area contributed by atoms with Crippen LogP contribution in [0.1, 0.15) is 13.8 Å². The Morgan fingerprint density at radius 2 is 1.88 bits per heavy atom. The highest BCUT2D eigenvalue weighted by molar-refractivity contribution is 5.89. The molecule has 1 fully saturated rings. The Kier molecular flexibility index (Phi) is 5.96. The zero-order valence-electron chi connectivity index (χ0n) is 18.2. The number of H-pyrrole nitrogens is 1. The van der Waals surface area contributed by atoms with Crippen LogP contribution in [-0.4, -0.2) is 68.6 Å². The summed E-state index contributed by atoms with van der Waals surface area (Å²) in [6, 6.07) is 4.07. The van der Waals surface area contributed by atoms with Gasteiger partial charge >= 0.3 is 12.1 Å². The molecule has 3 aromatic rings. The molecule has 1 aliphatic rings. The van der Waals surface area contributed by atoms with E-state index in [1.165, 1.54) is 17.2 Å². The molecule has 34 heavy (non-hydrogen) atoms. The van der Waals surface area contributed by atoms with Crippen LogP contribution in [0.4, 0.5) is 32.2 Å². The van der Waals surface area contributed by atoms with E-state index in [-0.39, 0.29) is 30.3 Å². The van der Waals surface area contributed by atoms with Crippen molar-refractivity contribution in [2.24, 2.45) is 5.92 Å². The highest BCUT2D eigenvalue weighted by Crippen LogP contribution is 2.48. The minimum Gasteiger partial charge on any atom is -0.381 e. The van der Waals surface area contributed by atoms with Crippen molar-refractivity contribution < 1.29 is 31.4 Å². The fraction of sp³-hybridized carbons (Fsp3) is 0.476. The topological polar surface area (TPSA) is 90.0 Å². The van der Waals surface area contributed by atoms with Gasteiger partial charge in [-0.2, -0.15) is 27.1 Å². The predicted molar refractivity (Wildman–Crippen MR) is 112 cm³/mol. The first-order valence-electron chi connectivity index (χ1n) is 10.5. The molecule has 184 valence electrons. The summed E-state index contributed by atoms with van der Waals surface area (Å²) in [5.41, 5.74) is -2.96. The summed E-state index contributed by atoms with van der Waals surface area (Å²) in [4.78, 5) is 9.79. The number of rotatable bonds is 5. The van der Waals surface area contributed by atoms with Gasteiger partial charge in [-0.25, -0.2) is 14.4 Å². The third-order valence-corrected chi connectivity index (χ3v) is 6.17. The van der Waals surface area contributed by atoms with Crippen LogP contribution in [0.3, 0.4) is 0 Å². The van der Waals surface area contributed by atoms with Crippen LogP contribution in [0.5, 0.6) is 0 Å². The molecule has 0 saturated carbocycles. The summed E-state index contributed by atoms with van der Waals surface area (Å²) in [7, 11) is 0. The monoisotopic (exact) mass is 488 g/mol. The van der Waals surface area contributed by atoms with Gasteiger partial charge < -0.3 is 15.3 Å². The molecule has 0 amide bonds. The maximum absolute atomic E-state index is 14.7. The predicted octanol–water partition coefficient (Wildman–Crippen LogP) is 3.52. The van der Waals surface area contributed by atoms with Crippen LogP contribution in [0, 0.1) is 11.7 Å². The number of anilines is 1. The minimum atomic E-state index is -5.95. The molecule has 7 nitrogen and oxygen atoms in total. The highest BCUT2D eigenvalue weighted by atomic mass is 19.4. The first-order valence-corrected chi connectivity index (χ1v) is 10.5. The van der Waals surface area contributed by atoms with Crippen LogP contribution in [0.2, 0.25) is 0 Å². The van der Waals surface area contributed by atoms with Crippen LogP contribution >= 0.6 is 0 Å². The molecule has 3 N–H and O–H groups in total. The molecule has 0 bridgehead atoms. The second-order valence-corrected chi connectivity index (χ2v) is 8.48. The normalized spacial score (nSPS) is 19.6. The van der Waals surface area contributed by atoms with Crippen molar-refractivity contribution in [1.29, 1.82) is 0 Å². The van der Waals surface area contributed by atoms with E-state index in [0.717, 1.165) is 19.9 Å². The minimum absolute atomic E-state index is 0.00106. The number of aromatic amines is 1. The van der Waals surface area contributed by atoms with E-state index < -0.39 is 42.0 Å². The van der Waals surface area contributed by atoms with Crippen molar-refractivity contribution in [2.75, 3.05) is 24.5 Å². The summed E-state index contributed by atoms with van der Waals surface area (Å²) in [5.74, 6) is -7.36. The van der Waals surface area contributed by atoms with E-state index >= 15 is 0 Å². The molecule has 3 aromatic heterocycles. The number of nitrogens with one attached hydrogen (secondary N) is 2. The average Bonchev–Trinajstić information content (AvgIpc) is 3.22. The Bertz CT molecular complexity index is 1180. The molecule has 13 heteroatoms. The van der Waals surface area contributed by atoms with Gasteiger partial charge in [0.25, 0.3) is 0 Å². The maximum atomic E-state index is 14.7. The first-order chi connectivity index (χ1) is 15.9. The van der Waals surface area contributed by atoms with Gasteiger partial charge in [0.05, 0.1) is 11.7 Å². The number of alkyl halides is 5. The lowest BCUT2D eigenvalue weighted by Gasteiger charge is -2.48. The second kappa shape index (κ2) is 8.38. The summed E-state index contributed by atoms with van der Waals surface area (Å²) in [6.07, 6.45) is -4.44. The molecule has 2 unspecified atom stereocenters. The Hall–Kier alpha value is -2.93. The Labute approximate surface area is 190 Å². The van der Waals surface area contributed by atoms with Crippen molar-refractivity contribution in [3.8, 4) is 11.4 Å². The molecular formula is C21H22F6N6O. The summed E-state index contributed by atoms with van der Waals surface area (Å²) >= 11 is 0. The van der Waals surface area contributed by atoms with Gasteiger partial charge in [-0.15, -0.1) is 0 Å². The number of hydrogen-bond acceptors (Lipinski definition) is 6. The van der Waals surface area contributed by atoms with Gasteiger partial charge in [-0.05, 0) is 30.2 Å². The van der Waals surface area contributed by atoms with Crippen LogP contribution < -0.4 is 10.2 Å². The second-order valence-electron chi connectivity index (χ2n) is 8.48. The van der Waals surface area contributed by atoms with Crippen molar-refractivity contribution in [1.82, 2.24) is 25.5 Å². The van der Waals surface area contributed by atoms with E-state index in [0.29, 0.717) is 11.0 Å². The van der Waals surface area contributed by atoms with Gasteiger partial charge in [-0.3, -0.25) is 5.10 Å². The molecule has 4 heterocycles. The molecule has 1 aliphatic heterocycles. The number of fused-ring (bicyclic) bond motifs is 1. The van der Waals surface area contributed by atoms with E-state index in [4.69, 9.17) is 0 Å². The molecule has 0 aromatic carbocycles. The number of aromatic nitrogens is 4. The highest BCUT2D eigenvalue weighted by Gasteiger charge is 2.73. The number of nitrogens with zero attached hydrogens (tertiary/aromatic N) is 4. The van der Waals surface area contributed by atoms with Crippen LogP contribution in [0.15, 0.2) is 30.5 Å². The maximum Gasteiger partial charge on any atom is 0.456 e. The lowest BCUT2D eigenvalue weighted by Crippen LogP contribution is -2.73. The third-order valence-electron chi connectivity index (χ3n) is 6.17. The number of aliphatic hydroxyl groups is 1. The van der Waals surface area contributed by atoms with Crippen molar-refractivity contribution in [3.05, 3.63) is 36.3 Å². The third kappa shape index (κ3) is 3.76. The molecule has 4 rings (SSSR count). The number of hydrogen-bond donors (Lipinski definition) is 3. The number of halogens is 6. The van der Waals surface area contributed by atoms with E-state index in [2.05, 4.69) is 25.5 Å². The van der Waals surface area contributed by atoms with E-state index in [1.807, 2.05) is 0 Å². The first kappa shape index (κ1) is 24.2. The van der Waals surface area contributed by atoms with Gasteiger partial charge in [0.2, 0.25) is 0 Å². The fourth-order valence-corrected chi connectivity index (χ4v) is 4.28. The SMILES string of the molecule is CC(C)C(O)(C1CN(c2ccc(F)c(-c3[nH]nc4ncccc34)n2)CCN1)C(F)(F)C(F)(F)F. The summed E-state index contributed by atoms with van der Waals surface area (Å²) in [6.45, 7) is 1.98. The Morgan fingerprint density at radius 3 is 2.56 bits per heavy atom. The van der Waals surface area contributed by atoms with Gasteiger partial charge in [0, 0.05) is 31.2 Å². The average molecular weight is 488 g/mol. The Balaban J connectivity index is 1.69. The lowest BCUT2D eigenvalue weighted by molar-refractivity contribution is -0.355. The fourth-order valence-electron chi connectivity index (χ4n) is 4.28. The number of piperazine rings is 1. The van der Waals surface area contributed by atoms with Crippen LogP contribution in [-0.2, 0) is 0 Å². The van der Waals surface area contributed by atoms with Crippen molar-refractivity contribution >= 4 is 16.9 Å². The summed E-state index contributed by atoms with van der Waals surface area (Å²) in [5, 5.41) is 20.5. The zero-order chi connectivity index (χ0) is 24.9. The smallest absolute Gasteiger partial charge is 0.381 e. The van der Waals surface area contributed by atoms with Gasteiger partial charge in [0.15, 0.2) is 17.1 Å². The van der Waals surface area contributed by atoms with E-state index in [1.54, 1.807) is 12.1 Å². The van der Waals surface area contributed by atoms with Gasteiger partial charge in [-0.1, -0.05) is 13.8 Å². The summed E-state index contributed by atoms with van der Waals surface area (Å²) < 4.78 is 83.3. The molecular weight excluding hydrogens is 466 g/mol. The Morgan fingerprint density at radius 1 is 1.15 bits per heavy atom. The lowest BCUT2D eigenvalue weighted by atomic mass is 9.76. The molecule has 1 saturated heterocycles. The largest absolute Gasteiger partial charge is 0.456 e. The zero-order valence-corrected chi connectivity index (χ0v) is 18.2. The molecule has 0 radical (unpaired) electrons. The quantitative estimate of drug-likeness (QED) is 0.477. The molecule has 2 atom stereocenters. The van der Waals surface area contributed by atoms with E-state index in [9.17, 15) is 31.4 Å².